The maximum atomic E-state index is 14.1. The van der Waals surface area contributed by atoms with Crippen LogP contribution < -0.4 is 11.0 Å². The standard InChI is InChI=1S/C35H43ClF3N7O4/c1-40-31-25(35(37,38)39)18-22(19-26(31)36)20-30(32(47)44-16-14-43(15-17-44)29-21-42-10-6-23(29)7-11-42)50-34(49)45-12-8-24(9-13-45)46-28-5-3-2-4-27(28)41-33(46)48/h2-5,18-19,23-24,29-30,40H,6-17,20-21H2,1H3,(H,41,48)/t29?,30-/m1/s1. The summed E-state index contributed by atoms with van der Waals surface area (Å²) < 4.78 is 49.7. The molecule has 2 amide bonds. The molecule has 5 fully saturated rings. The first-order valence-corrected chi connectivity index (χ1v) is 17.9. The number of carbonyl (C=O) groups excluding carboxylic acids is 2. The summed E-state index contributed by atoms with van der Waals surface area (Å²) in [5, 5.41) is 2.38. The van der Waals surface area contributed by atoms with Crippen molar-refractivity contribution < 1.29 is 27.5 Å². The van der Waals surface area contributed by atoms with Crippen molar-refractivity contribution in [2.45, 2.75) is 56.5 Å². The number of anilines is 1. The number of rotatable bonds is 7. The lowest BCUT2D eigenvalue weighted by molar-refractivity contribution is -0.143. The Morgan fingerprint density at radius 3 is 2.32 bits per heavy atom. The summed E-state index contributed by atoms with van der Waals surface area (Å²) in [7, 11) is 1.36. The Hall–Kier alpha value is -3.75. The Morgan fingerprint density at radius 2 is 1.68 bits per heavy atom. The van der Waals surface area contributed by atoms with Gasteiger partial charge in [0, 0.05) is 71.4 Å². The number of nitrogens with zero attached hydrogens (tertiary/aromatic N) is 5. The first-order chi connectivity index (χ1) is 24.0. The number of piperidine rings is 4. The summed E-state index contributed by atoms with van der Waals surface area (Å²) in [5.74, 6) is 0.220. The normalized spacial score (nSPS) is 24.1. The SMILES string of the molecule is CNc1c(Cl)cc(C[C@@H](OC(=O)N2CCC(n3c(=O)[nH]c4ccccc43)CC2)C(=O)N2CCN(C3CN4CCC3CC4)CC2)cc1C(F)(F)F. The number of nitrogens with one attached hydrogen (secondary N) is 2. The maximum absolute atomic E-state index is 14.1. The van der Waals surface area contributed by atoms with Gasteiger partial charge in [0.1, 0.15) is 0 Å². The number of alkyl halides is 3. The third-order valence-corrected chi connectivity index (χ3v) is 11.4. The van der Waals surface area contributed by atoms with Gasteiger partial charge in [0.25, 0.3) is 5.91 Å². The fourth-order valence-corrected chi connectivity index (χ4v) is 8.75. The molecule has 11 nitrogen and oxygen atoms in total. The number of aromatic amines is 1. The molecule has 0 radical (unpaired) electrons. The molecule has 270 valence electrons. The van der Waals surface area contributed by atoms with Crippen LogP contribution in [-0.4, -0.2) is 119 Å². The second kappa shape index (κ2) is 14.1. The number of para-hydroxylation sites is 2. The van der Waals surface area contributed by atoms with E-state index in [4.69, 9.17) is 16.3 Å². The van der Waals surface area contributed by atoms with E-state index in [9.17, 15) is 27.6 Å². The average molecular weight is 718 g/mol. The molecular formula is C35H43ClF3N7O4. The van der Waals surface area contributed by atoms with Crippen LogP contribution in [0.25, 0.3) is 11.0 Å². The van der Waals surface area contributed by atoms with Crippen molar-refractivity contribution in [3.63, 3.8) is 0 Å². The summed E-state index contributed by atoms with van der Waals surface area (Å²) in [5.41, 5.74) is 0.230. The molecule has 5 saturated heterocycles. The van der Waals surface area contributed by atoms with Crippen LogP contribution in [0.1, 0.15) is 42.9 Å². The molecular weight excluding hydrogens is 675 g/mol. The van der Waals surface area contributed by atoms with Crippen LogP contribution in [0, 0.1) is 5.92 Å². The predicted octanol–water partition coefficient (Wildman–Crippen LogP) is 4.67. The fraction of sp³-hybridized carbons (Fsp3) is 0.571. The van der Waals surface area contributed by atoms with E-state index in [1.54, 1.807) is 9.47 Å². The quantitative estimate of drug-likeness (QED) is 0.366. The van der Waals surface area contributed by atoms with Crippen LogP contribution in [0.4, 0.5) is 23.7 Å². The largest absolute Gasteiger partial charge is 0.436 e. The topological polar surface area (TPSA) is 106 Å². The first-order valence-electron chi connectivity index (χ1n) is 17.5. The summed E-state index contributed by atoms with van der Waals surface area (Å²) in [4.78, 5) is 51.5. The highest BCUT2D eigenvalue weighted by Crippen LogP contribution is 2.40. The molecule has 2 aromatic carbocycles. The maximum Gasteiger partial charge on any atom is 0.418 e. The van der Waals surface area contributed by atoms with Crippen LogP contribution in [0.3, 0.4) is 0 Å². The Balaban J connectivity index is 1.06. The zero-order valence-corrected chi connectivity index (χ0v) is 28.8. The average Bonchev–Trinajstić information content (AvgIpc) is 3.46. The van der Waals surface area contributed by atoms with Gasteiger partial charge in [-0.3, -0.25) is 14.3 Å². The second-order valence-electron chi connectivity index (χ2n) is 13.9. The number of carbonyl (C=O) groups is 2. The summed E-state index contributed by atoms with van der Waals surface area (Å²) in [6.07, 6.45) is -3.67. The molecule has 6 heterocycles. The molecule has 2 atom stereocenters. The molecule has 8 rings (SSSR count). The number of aromatic nitrogens is 2. The van der Waals surface area contributed by atoms with Crippen LogP contribution in [0.15, 0.2) is 41.2 Å². The second-order valence-corrected chi connectivity index (χ2v) is 14.3. The number of ether oxygens (including phenoxy) is 1. The summed E-state index contributed by atoms with van der Waals surface area (Å²) >= 11 is 6.29. The van der Waals surface area contributed by atoms with Gasteiger partial charge in [-0.1, -0.05) is 23.7 Å². The first kappa shape index (κ1) is 34.7. The van der Waals surface area contributed by atoms with Gasteiger partial charge in [-0.2, -0.15) is 13.2 Å². The van der Waals surface area contributed by atoms with E-state index in [1.165, 1.54) is 30.9 Å². The number of benzene rings is 2. The van der Waals surface area contributed by atoms with E-state index in [2.05, 4.69) is 20.1 Å². The van der Waals surface area contributed by atoms with Crippen molar-refractivity contribution >= 4 is 40.3 Å². The third kappa shape index (κ3) is 6.93. The number of piperazine rings is 1. The zero-order chi connectivity index (χ0) is 35.2. The molecule has 1 unspecified atom stereocenters. The number of halogens is 4. The lowest BCUT2D eigenvalue weighted by atomic mass is 9.83. The number of hydrogen-bond acceptors (Lipinski definition) is 7. The molecule has 2 bridgehead atoms. The Labute approximate surface area is 293 Å². The fourth-order valence-electron chi connectivity index (χ4n) is 8.42. The van der Waals surface area contributed by atoms with E-state index in [0.717, 1.165) is 36.7 Å². The lowest BCUT2D eigenvalue weighted by Crippen LogP contribution is -2.62. The van der Waals surface area contributed by atoms with Crippen molar-refractivity contribution in [2.75, 3.05) is 71.3 Å². The smallest absolute Gasteiger partial charge is 0.418 e. The number of fused-ring (bicyclic) bond motifs is 4. The minimum atomic E-state index is -4.70. The van der Waals surface area contributed by atoms with Gasteiger partial charge in [0.2, 0.25) is 0 Å². The monoisotopic (exact) mass is 717 g/mol. The van der Waals surface area contributed by atoms with Crippen molar-refractivity contribution in [1.29, 1.82) is 0 Å². The Morgan fingerprint density at radius 1 is 0.980 bits per heavy atom. The van der Waals surface area contributed by atoms with Gasteiger partial charge in [-0.15, -0.1) is 0 Å². The highest BCUT2D eigenvalue weighted by atomic mass is 35.5. The minimum Gasteiger partial charge on any atom is -0.436 e. The van der Waals surface area contributed by atoms with Gasteiger partial charge < -0.3 is 29.7 Å². The molecule has 0 spiro atoms. The van der Waals surface area contributed by atoms with Crippen molar-refractivity contribution in [2.24, 2.45) is 5.92 Å². The highest BCUT2D eigenvalue weighted by Gasteiger charge is 2.41. The number of hydrogen-bond donors (Lipinski definition) is 2. The van der Waals surface area contributed by atoms with Gasteiger partial charge in [0.05, 0.1) is 27.3 Å². The molecule has 3 aromatic rings. The number of amides is 2. The molecule has 2 N–H and O–H groups in total. The van der Waals surface area contributed by atoms with Crippen LogP contribution in [0.5, 0.6) is 0 Å². The van der Waals surface area contributed by atoms with Crippen LogP contribution in [0.2, 0.25) is 5.02 Å². The minimum absolute atomic E-state index is 0.135. The van der Waals surface area contributed by atoms with Gasteiger partial charge in [-0.05, 0) is 74.5 Å². The summed E-state index contributed by atoms with van der Waals surface area (Å²) in [6.45, 7) is 6.14. The number of H-pyrrole nitrogens is 1. The van der Waals surface area contributed by atoms with Crippen LogP contribution in [-0.2, 0) is 22.1 Å². The van der Waals surface area contributed by atoms with Crippen LogP contribution >= 0.6 is 11.6 Å². The van der Waals surface area contributed by atoms with Gasteiger partial charge in [-0.25, -0.2) is 9.59 Å². The highest BCUT2D eigenvalue weighted by molar-refractivity contribution is 6.33. The zero-order valence-electron chi connectivity index (χ0n) is 28.1. The molecule has 5 aliphatic rings. The van der Waals surface area contributed by atoms with Gasteiger partial charge >= 0.3 is 18.0 Å². The van der Waals surface area contributed by atoms with Crippen molar-refractivity contribution in [3.05, 3.63) is 63.0 Å². The van der Waals surface area contributed by atoms with E-state index < -0.39 is 29.8 Å². The number of imidazole rings is 1. The molecule has 5 aliphatic heterocycles. The third-order valence-electron chi connectivity index (χ3n) is 11.1. The van der Waals surface area contributed by atoms with E-state index in [0.29, 0.717) is 51.0 Å². The molecule has 50 heavy (non-hydrogen) atoms. The lowest BCUT2D eigenvalue weighted by Gasteiger charge is -2.51. The predicted molar refractivity (Wildman–Crippen MR) is 183 cm³/mol. The Kier molecular flexibility index (Phi) is 9.79. The summed E-state index contributed by atoms with van der Waals surface area (Å²) in [6, 6.07) is 10.1. The van der Waals surface area contributed by atoms with Crippen molar-refractivity contribution in [1.82, 2.24) is 29.2 Å². The molecule has 1 aromatic heterocycles. The number of likely N-dealkylation sites (tertiary alicyclic amines) is 1. The molecule has 15 heteroatoms. The van der Waals surface area contributed by atoms with E-state index in [1.807, 2.05) is 24.3 Å². The molecule has 0 saturated carbocycles. The van der Waals surface area contributed by atoms with E-state index in [-0.39, 0.29) is 47.5 Å². The molecule has 0 aliphatic carbocycles. The van der Waals surface area contributed by atoms with Crippen molar-refractivity contribution in [3.8, 4) is 0 Å². The van der Waals surface area contributed by atoms with Gasteiger partial charge in [0.15, 0.2) is 6.10 Å². The Bertz CT molecular complexity index is 1770. The van der Waals surface area contributed by atoms with E-state index >= 15 is 0 Å².